The van der Waals surface area contributed by atoms with E-state index >= 15 is 0 Å². The van der Waals surface area contributed by atoms with E-state index in [9.17, 15) is 18.4 Å². The van der Waals surface area contributed by atoms with Gasteiger partial charge in [-0.05, 0) is 36.1 Å². The summed E-state index contributed by atoms with van der Waals surface area (Å²) in [6, 6.07) is 10.2. The zero-order valence-corrected chi connectivity index (χ0v) is 20.5. The van der Waals surface area contributed by atoms with Gasteiger partial charge in [-0.1, -0.05) is 32.9 Å². The van der Waals surface area contributed by atoms with Gasteiger partial charge in [0, 0.05) is 55.7 Å². The molecule has 0 aliphatic carbocycles. The van der Waals surface area contributed by atoms with Gasteiger partial charge in [0.15, 0.2) is 0 Å². The van der Waals surface area contributed by atoms with Crippen LogP contribution in [0.1, 0.15) is 62.5 Å². The second-order valence-electron chi connectivity index (χ2n) is 10.4. The Morgan fingerprint density at radius 2 is 1.77 bits per heavy atom. The van der Waals surface area contributed by atoms with Crippen LogP contribution in [0.5, 0.6) is 0 Å². The third-order valence-corrected chi connectivity index (χ3v) is 6.14. The number of hydrogen-bond acceptors (Lipinski definition) is 5. The minimum absolute atomic E-state index is 0.0606. The number of pyridine rings is 1. The predicted octanol–water partition coefficient (Wildman–Crippen LogP) is 4.88. The lowest BCUT2D eigenvalue weighted by molar-refractivity contribution is -0.0494. The standard InChI is InChI=1S/C26H31F2N5O2/c1-17(18-5-7-19(8-6-18)23(35)32-13-11-26(27,28)12-14-32)30-24-29-15-20-9-10-21(34)33(22(20)31-24)16-25(2,3)4/h5-10,15,17H,11-14,16H2,1-4H3,(H,29,30,31)/t17-/m0/s1. The van der Waals surface area contributed by atoms with Gasteiger partial charge in [0.25, 0.3) is 17.4 Å². The van der Waals surface area contributed by atoms with Crippen molar-refractivity contribution in [3.63, 3.8) is 0 Å². The number of piperidine rings is 1. The maximum Gasteiger partial charge on any atom is 0.253 e. The van der Waals surface area contributed by atoms with Crippen molar-refractivity contribution < 1.29 is 13.6 Å². The van der Waals surface area contributed by atoms with Crippen molar-refractivity contribution in [3.8, 4) is 0 Å². The normalized spacial score (nSPS) is 16.8. The Morgan fingerprint density at radius 3 is 2.40 bits per heavy atom. The Kier molecular flexibility index (Phi) is 6.62. The fourth-order valence-electron chi connectivity index (χ4n) is 4.18. The summed E-state index contributed by atoms with van der Waals surface area (Å²) in [5.74, 6) is -2.52. The number of alkyl halides is 2. The van der Waals surface area contributed by atoms with Gasteiger partial charge in [-0.25, -0.2) is 13.8 Å². The number of aromatic nitrogens is 3. The molecule has 35 heavy (non-hydrogen) atoms. The van der Waals surface area contributed by atoms with E-state index in [2.05, 4.69) is 36.1 Å². The van der Waals surface area contributed by atoms with Gasteiger partial charge in [-0.2, -0.15) is 4.98 Å². The first-order chi connectivity index (χ1) is 16.4. The summed E-state index contributed by atoms with van der Waals surface area (Å²) in [6.45, 7) is 8.79. The van der Waals surface area contributed by atoms with Crippen molar-refractivity contribution in [2.24, 2.45) is 5.41 Å². The molecule has 9 heteroatoms. The summed E-state index contributed by atoms with van der Waals surface area (Å²) in [5.41, 5.74) is 1.75. The van der Waals surface area contributed by atoms with E-state index in [0.717, 1.165) is 10.9 Å². The molecule has 186 valence electrons. The number of benzene rings is 1. The van der Waals surface area contributed by atoms with E-state index < -0.39 is 5.92 Å². The predicted molar refractivity (Wildman–Crippen MR) is 132 cm³/mol. The summed E-state index contributed by atoms with van der Waals surface area (Å²) in [5, 5.41) is 4.05. The number of likely N-dealkylation sites (tertiary alicyclic amines) is 1. The molecule has 0 unspecified atom stereocenters. The first kappa shape index (κ1) is 24.8. The lowest BCUT2D eigenvalue weighted by atomic mass is 9.97. The monoisotopic (exact) mass is 483 g/mol. The Bertz CT molecular complexity index is 1270. The van der Waals surface area contributed by atoms with Crippen LogP contribution in [0, 0.1) is 5.41 Å². The second-order valence-corrected chi connectivity index (χ2v) is 10.4. The third kappa shape index (κ3) is 5.83. The molecule has 3 aromatic rings. The summed E-state index contributed by atoms with van der Waals surface area (Å²) >= 11 is 0. The van der Waals surface area contributed by atoms with Crippen LogP contribution >= 0.6 is 0 Å². The molecule has 0 spiro atoms. The number of carbonyl (C=O) groups is 1. The maximum atomic E-state index is 13.4. The zero-order chi connectivity index (χ0) is 25.4. The first-order valence-corrected chi connectivity index (χ1v) is 11.8. The van der Waals surface area contributed by atoms with Crippen LogP contribution in [0.2, 0.25) is 0 Å². The van der Waals surface area contributed by atoms with Crippen LogP contribution in [0.15, 0.2) is 47.4 Å². The Hall–Kier alpha value is -3.36. The highest BCUT2D eigenvalue weighted by Gasteiger charge is 2.35. The summed E-state index contributed by atoms with van der Waals surface area (Å²) in [7, 11) is 0. The van der Waals surface area contributed by atoms with Crippen molar-refractivity contribution in [3.05, 3.63) is 64.1 Å². The SMILES string of the molecule is C[C@H](Nc1ncc2ccc(=O)n(CC(C)(C)C)c2n1)c1ccc(C(=O)N2CCC(F)(F)CC2)cc1. The quantitative estimate of drug-likeness (QED) is 0.559. The highest BCUT2D eigenvalue weighted by atomic mass is 19.3. The zero-order valence-electron chi connectivity index (χ0n) is 20.5. The summed E-state index contributed by atoms with van der Waals surface area (Å²) in [6.07, 6.45) is 1.10. The smallest absolute Gasteiger partial charge is 0.253 e. The summed E-state index contributed by atoms with van der Waals surface area (Å²) < 4.78 is 28.5. The van der Waals surface area contributed by atoms with Crippen LogP contribution in [0.3, 0.4) is 0 Å². The average molecular weight is 484 g/mol. The van der Waals surface area contributed by atoms with Gasteiger partial charge < -0.3 is 10.2 Å². The van der Waals surface area contributed by atoms with Gasteiger partial charge in [0.2, 0.25) is 5.95 Å². The van der Waals surface area contributed by atoms with E-state index in [4.69, 9.17) is 0 Å². The average Bonchev–Trinajstić information content (AvgIpc) is 2.80. The molecule has 7 nitrogen and oxygen atoms in total. The fourth-order valence-corrected chi connectivity index (χ4v) is 4.18. The lowest BCUT2D eigenvalue weighted by Crippen LogP contribution is -2.42. The third-order valence-electron chi connectivity index (χ3n) is 6.14. The molecule has 4 rings (SSSR count). The molecule has 2 aromatic heterocycles. The first-order valence-electron chi connectivity index (χ1n) is 11.8. The van der Waals surface area contributed by atoms with Crippen LogP contribution < -0.4 is 10.9 Å². The van der Waals surface area contributed by atoms with Gasteiger partial charge in [0.05, 0.1) is 6.04 Å². The van der Waals surface area contributed by atoms with Crippen molar-refractivity contribution >= 4 is 22.9 Å². The van der Waals surface area contributed by atoms with E-state index in [0.29, 0.717) is 23.7 Å². The minimum atomic E-state index is -2.69. The second kappa shape index (κ2) is 9.36. The molecule has 1 N–H and O–H groups in total. The molecule has 0 saturated carbocycles. The molecular weight excluding hydrogens is 452 g/mol. The molecule has 1 aromatic carbocycles. The van der Waals surface area contributed by atoms with Crippen molar-refractivity contribution in [1.82, 2.24) is 19.4 Å². The molecule has 1 saturated heterocycles. The number of halogens is 2. The maximum absolute atomic E-state index is 13.4. The van der Waals surface area contributed by atoms with Crippen LogP contribution in [-0.2, 0) is 6.54 Å². The number of nitrogens with one attached hydrogen (secondary N) is 1. The molecule has 1 aliphatic rings. The lowest BCUT2D eigenvalue weighted by Gasteiger charge is -2.31. The summed E-state index contributed by atoms with van der Waals surface area (Å²) in [4.78, 5) is 35.7. The molecule has 1 atom stereocenters. The highest BCUT2D eigenvalue weighted by molar-refractivity contribution is 5.94. The molecule has 0 radical (unpaired) electrons. The number of anilines is 1. The molecule has 3 heterocycles. The number of nitrogens with zero attached hydrogens (tertiary/aromatic N) is 4. The Labute approximate surface area is 203 Å². The molecule has 1 aliphatic heterocycles. The molecule has 0 bridgehead atoms. The number of fused-ring (bicyclic) bond motifs is 1. The van der Waals surface area contributed by atoms with Crippen molar-refractivity contribution in [2.45, 2.75) is 59.0 Å². The van der Waals surface area contributed by atoms with Gasteiger partial charge >= 0.3 is 0 Å². The molecule has 1 amide bonds. The van der Waals surface area contributed by atoms with Crippen molar-refractivity contribution in [1.29, 1.82) is 0 Å². The largest absolute Gasteiger partial charge is 0.348 e. The fraction of sp³-hybridized carbons (Fsp3) is 0.462. The van der Waals surface area contributed by atoms with Crippen LogP contribution in [-0.4, -0.2) is 44.4 Å². The topological polar surface area (TPSA) is 80.1 Å². The van der Waals surface area contributed by atoms with Crippen molar-refractivity contribution in [2.75, 3.05) is 18.4 Å². The van der Waals surface area contributed by atoms with Gasteiger partial charge in [0.1, 0.15) is 5.65 Å². The number of rotatable bonds is 5. The van der Waals surface area contributed by atoms with E-state index in [1.165, 1.54) is 11.0 Å². The number of hydrogen-bond donors (Lipinski definition) is 1. The van der Waals surface area contributed by atoms with E-state index in [-0.39, 0.29) is 48.9 Å². The Morgan fingerprint density at radius 1 is 1.11 bits per heavy atom. The highest BCUT2D eigenvalue weighted by Crippen LogP contribution is 2.28. The van der Waals surface area contributed by atoms with Crippen LogP contribution in [0.4, 0.5) is 14.7 Å². The van der Waals surface area contributed by atoms with Gasteiger partial charge in [-0.3, -0.25) is 14.2 Å². The number of carbonyl (C=O) groups excluding carboxylic acids is 1. The van der Waals surface area contributed by atoms with E-state index in [1.54, 1.807) is 29.0 Å². The minimum Gasteiger partial charge on any atom is -0.348 e. The van der Waals surface area contributed by atoms with Crippen LogP contribution in [0.25, 0.3) is 11.0 Å². The number of amides is 1. The van der Waals surface area contributed by atoms with E-state index in [1.807, 2.05) is 19.1 Å². The molecular formula is C26H31F2N5O2. The Balaban J connectivity index is 1.49. The molecule has 1 fully saturated rings. The van der Waals surface area contributed by atoms with Gasteiger partial charge in [-0.15, -0.1) is 0 Å².